The van der Waals surface area contributed by atoms with Crippen molar-refractivity contribution < 1.29 is 34.1 Å². The quantitative estimate of drug-likeness (QED) is 0.359. The molecule has 0 saturated heterocycles. The van der Waals surface area contributed by atoms with Crippen LogP contribution < -0.4 is 10.6 Å². The van der Waals surface area contributed by atoms with Crippen molar-refractivity contribution in [3.05, 3.63) is 12.2 Å². The van der Waals surface area contributed by atoms with Gasteiger partial charge in [0.15, 0.2) is 0 Å². The number of carbonyl (C=O) groups is 4. The Balaban J connectivity index is 4.11. The fourth-order valence-corrected chi connectivity index (χ4v) is 1.60. The van der Waals surface area contributed by atoms with Crippen LogP contribution >= 0.6 is 0 Å². The summed E-state index contributed by atoms with van der Waals surface area (Å²) in [5.74, 6) is -3.31. The van der Waals surface area contributed by atoms with E-state index in [1.54, 1.807) is 20.8 Å². The lowest BCUT2D eigenvalue weighted by Gasteiger charge is -2.19. The second kappa shape index (κ2) is 10.2. The molecule has 2 amide bonds. The fourth-order valence-electron chi connectivity index (χ4n) is 1.60. The van der Waals surface area contributed by atoms with Crippen molar-refractivity contribution in [3.8, 4) is 0 Å². The van der Waals surface area contributed by atoms with Gasteiger partial charge in [-0.05, 0) is 40.0 Å². The molecule has 0 aromatic carbocycles. The maximum atomic E-state index is 11.4. The number of aliphatic carboxylic acids is 2. The average Bonchev–Trinajstić information content (AvgIpc) is 2.41. The van der Waals surface area contributed by atoms with E-state index >= 15 is 0 Å². The van der Waals surface area contributed by atoms with Gasteiger partial charge in [-0.2, -0.15) is 0 Å². The van der Waals surface area contributed by atoms with E-state index in [1.165, 1.54) is 0 Å². The van der Waals surface area contributed by atoms with E-state index in [0.717, 1.165) is 6.08 Å². The van der Waals surface area contributed by atoms with Crippen molar-refractivity contribution in [2.75, 3.05) is 6.54 Å². The summed E-state index contributed by atoms with van der Waals surface area (Å²) in [6.07, 6.45) is 1.92. The first-order valence-electron chi connectivity index (χ1n) is 7.42. The lowest BCUT2D eigenvalue weighted by Crippen LogP contribution is -2.40. The maximum Gasteiger partial charge on any atom is 0.407 e. The zero-order valence-electron chi connectivity index (χ0n) is 14.0. The van der Waals surface area contributed by atoms with Gasteiger partial charge in [-0.1, -0.05) is 0 Å². The molecule has 0 bridgehead atoms. The molecule has 136 valence electrons. The van der Waals surface area contributed by atoms with Crippen LogP contribution in [0.25, 0.3) is 0 Å². The van der Waals surface area contributed by atoms with Crippen molar-refractivity contribution >= 4 is 23.9 Å². The highest BCUT2D eigenvalue weighted by Crippen LogP contribution is 2.06. The van der Waals surface area contributed by atoms with E-state index < -0.39 is 35.6 Å². The smallest absolute Gasteiger partial charge is 0.407 e. The zero-order valence-corrected chi connectivity index (χ0v) is 14.0. The third-order valence-electron chi connectivity index (χ3n) is 2.58. The molecular weight excluding hydrogens is 320 g/mol. The Morgan fingerprint density at radius 1 is 1.08 bits per heavy atom. The van der Waals surface area contributed by atoms with E-state index in [9.17, 15) is 19.2 Å². The van der Waals surface area contributed by atoms with Gasteiger partial charge in [0.1, 0.15) is 11.6 Å². The van der Waals surface area contributed by atoms with Crippen LogP contribution in [0.15, 0.2) is 12.2 Å². The molecule has 9 nitrogen and oxygen atoms in total. The van der Waals surface area contributed by atoms with Gasteiger partial charge in [-0.25, -0.2) is 14.4 Å². The van der Waals surface area contributed by atoms with E-state index in [2.05, 4.69) is 10.6 Å². The highest BCUT2D eigenvalue weighted by atomic mass is 16.6. The summed E-state index contributed by atoms with van der Waals surface area (Å²) in [5, 5.41) is 22.2. The molecule has 0 aliphatic rings. The van der Waals surface area contributed by atoms with E-state index in [4.69, 9.17) is 14.9 Å². The molecule has 0 spiro atoms. The average molecular weight is 344 g/mol. The number of amides is 2. The Bertz CT molecular complexity index is 495. The summed E-state index contributed by atoms with van der Waals surface area (Å²) in [6, 6.07) is -1.13. The number of alkyl carbamates (subject to hydrolysis) is 1. The number of carboxylic acids is 2. The van der Waals surface area contributed by atoms with Crippen molar-refractivity contribution in [2.45, 2.75) is 51.7 Å². The third kappa shape index (κ3) is 12.0. The topological polar surface area (TPSA) is 142 Å². The van der Waals surface area contributed by atoms with Gasteiger partial charge < -0.3 is 25.6 Å². The number of hydrogen-bond acceptors (Lipinski definition) is 5. The Kier molecular flexibility index (Phi) is 9.14. The number of hydrogen-bond donors (Lipinski definition) is 4. The highest BCUT2D eigenvalue weighted by molar-refractivity contribution is 5.95. The van der Waals surface area contributed by atoms with Gasteiger partial charge in [0, 0.05) is 18.7 Å². The van der Waals surface area contributed by atoms with Crippen molar-refractivity contribution in [2.24, 2.45) is 0 Å². The third-order valence-corrected chi connectivity index (χ3v) is 2.58. The predicted octanol–water partition coefficient (Wildman–Crippen LogP) is 0.892. The van der Waals surface area contributed by atoms with E-state index in [1.807, 2.05) is 0 Å². The lowest BCUT2D eigenvalue weighted by atomic mass is 10.1. The molecule has 0 aliphatic carbocycles. The van der Waals surface area contributed by atoms with Gasteiger partial charge in [0.05, 0.1) is 0 Å². The lowest BCUT2D eigenvalue weighted by molar-refractivity contribution is -0.141. The minimum Gasteiger partial charge on any atom is -0.480 e. The van der Waals surface area contributed by atoms with Crippen molar-refractivity contribution in [1.29, 1.82) is 0 Å². The van der Waals surface area contributed by atoms with Crippen LogP contribution in [0.3, 0.4) is 0 Å². The number of carboxylic acid groups (broad SMARTS) is 2. The van der Waals surface area contributed by atoms with Crippen LogP contribution in [-0.2, 0) is 19.1 Å². The van der Waals surface area contributed by atoms with Gasteiger partial charge in [-0.3, -0.25) is 4.79 Å². The molecule has 0 heterocycles. The molecule has 0 aromatic heterocycles. The van der Waals surface area contributed by atoms with Gasteiger partial charge in [0.2, 0.25) is 5.91 Å². The SMILES string of the molecule is CC(C)(C)OC(=O)NCCCCC(NC(=O)/C=C\C(=O)O)C(=O)O. The molecule has 9 heteroatoms. The number of ether oxygens (including phenoxy) is 1. The fraction of sp³-hybridized carbons (Fsp3) is 0.600. The Morgan fingerprint density at radius 3 is 2.21 bits per heavy atom. The molecule has 0 rings (SSSR count). The summed E-state index contributed by atoms with van der Waals surface area (Å²) in [6.45, 7) is 5.54. The highest BCUT2D eigenvalue weighted by Gasteiger charge is 2.19. The number of nitrogens with one attached hydrogen (secondary N) is 2. The largest absolute Gasteiger partial charge is 0.480 e. The minimum absolute atomic E-state index is 0.151. The minimum atomic E-state index is -1.30. The van der Waals surface area contributed by atoms with Gasteiger partial charge in [-0.15, -0.1) is 0 Å². The number of rotatable bonds is 9. The Morgan fingerprint density at radius 2 is 1.71 bits per heavy atom. The molecule has 0 saturated carbocycles. The van der Waals surface area contributed by atoms with Crippen LogP contribution in [0.5, 0.6) is 0 Å². The predicted molar refractivity (Wildman–Crippen MR) is 84.4 cm³/mol. The first kappa shape index (κ1) is 21.4. The van der Waals surface area contributed by atoms with E-state index in [0.29, 0.717) is 25.5 Å². The summed E-state index contributed by atoms with van der Waals surface area (Å²) < 4.78 is 5.05. The molecule has 4 N–H and O–H groups in total. The van der Waals surface area contributed by atoms with Crippen molar-refractivity contribution in [1.82, 2.24) is 10.6 Å². The molecule has 1 atom stereocenters. The second-order valence-electron chi connectivity index (χ2n) is 6.00. The zero-order chi connectivity index (χ0) is 18.8. The first-order valence-corrected chi connectivity index (χ1v) is 7.42. The van der Waals surface area contributed by atoms with Crippen LogP contribution in [0, 0.1) is 0 Å². The molecule has 0 fully saturated rings. The maximum absolute atomic E-state index is 11.4. The van der Waals surface area contributed by atoms with Gasteiger partial charge >= 0.3 is 18.0 Å². The number of carbonyl (C=O) groups excluding carboxylic acids is 2. The molecule has 24 heavy (non-hydrogen) atoms. The van der Waals surface area contributed by atoms with Crippen molar-refractivity contribution in [3.63, 3.8) is 0 Å². The number of unbranched alkanes of at least 4 members (excludes halogenated alkanes) is 1. The van der Waals surface area contributed by atoms with E-state index in [-0.39, 0.29) is 6.42 Å². The second-order valence-corrected chi connectivity index (χ2v) is 6.00. The van der Waals surface area contributed by atoms with Crippen LogP contribution in [0.2, 0.25) is 0 Å². The Hall–Kier alpha value is -2.58. The summed E-state index contributed by atoms with van der Waals surface area (Å²) in [5.41, 5.74) is -0.591. The summed E-state index contributed by atoms with van der Waals surface area (Å²) in [4.78, 5) is 44.1. The first-order chi connectivity index (χ1) is 11.0. The molecule has 0 aliphatic heterocycles. The van der Waals surface area contributed by atoms with Crippen LogP contribution in [-0.4, -0.2) is 52.3 Å². The molecular formula is C15H24N2O7. The van der Waals surface area contributed by atoms with Crippen LogP contribution in [0.1, 0.15) is 40.0 Å². The normalized spacial score (nSPS) is 12.5. The standard InChI is InChI=1S/C15H24N2O7/c1-15(2,3)24-14(23)16-9-5-4-6-10(13(21)22)17-11(18)7-8-12(19)20/h7-8,10H,4-6,9H2,1-3H3,(H,16,23)(H,17,18)(H,19,20)(H,21,22)/b8-7-. The van der Waals surface area contributed by atoms with Crippen LogP contribution in [0.4, 0.5) is 4.79 Å². The summed E-state index contributed by atoms with van der Waals surface area (Å²) >= 11 is 0. The molecule has 0 aromatic rings. The monoisotopic (exact) mass is 344 g/mol. The molecule has 1 unspecified atom stereocenters. The molecule has 0 radical (unpaired) electrons. The summed E-state index contributed by atoms with van der Waals surface area (Å²) in [7, 11) is 0. The Labute approximate surface area is 140 Å². The van der Waals surface area contributed by atoms with Gasteiger partial charge in [0.25, 0.3) is 0 Å².